The van der Waals surface area contributed by atoms with Gasteiger partial charge in [-0.05, 0) is 42.3 Å². The van der Waals surface area contributed by atoms with Crippen LogP contribution in [0.25, 0.3) is 11.1 Å². The summed E-state index contributed by atoms with van der Waals surface area (Å²) >= 11 is 5.80. The normalized spacial score (nSPS) is 16.7. The number of hydrogen-bond acceptors (Lipinski definition) is 8. The smallest absolute Gasteiger partial charge is 0.314 e. The zero-order valence-electron chi connectivity index (χ0n) is 22.9. The van der Waals surface area contributed by atoms with Gasteiger partial charge in [-0.25, -0.2) is 18.5 Å². The number of methoxy groups -OCH3 is 1. The minimum absolute atomic E-state index is 0.0512. The van der Waals surface area contributed by atoms with Crippen LogP contribution in [0.2, 0.25) is 5.02 Å². The summed E-state index contributed by atoms with van der Waals surface area (Å²) < 4.78 is 29.0. The van der Waals surface area contributed by atoms with Gasteiger partial charge in [-0.1, -0.05) is 41.9 Å². The molecular formula is C28H29ClN6O7S. The van der Waals surface area contributed by atoms with Crippen LogP contribution in [-0.2, 0) is 29.1 Å². The molecule has 0 radical (unpaired) electrons. The van der Waals surface area contributed by atoms with Gasteiger partial charge in [-0.3, -0.25) is 19.2 Å². The van der Waals surface area contributed by atoms with E-state index >= 15 is 0 Å². The Kier molecular flexibility index (Phi) is 10.1. The maximum Gasteiger partial charge on any atom is 0.314 e. The van der Waals surface area contributed by atoms with E-state index in [1.54, 1.807) is 30.3 Å². The van der Waals surface area contributed by atoms with Crippen LogP contribution in [-0.4, -0.2) is 80.8 Å². The van der Waals surface area contributed by atoms with Gasteiger partial charge in [-0.15, -0.1) is 0 Å². The highest BCUT2D eigenvalue weighted by Crippen LogP contribution is 2.27. The van der Waals surface area contributed by atoms with Gasteiger partial charge in [0.25, 0.3) is 5.91 Å². The number of halogens is 1. The number of benzene rings is 2. The van der Waals surface area contributed by atoms with E-state index in [0.717, 1.165) is 0 Å². The Labute approximate surface area is 252 Å². The van der Waals surface area contributed by atoms with Gasteiger partial charge in [-0.2, -0.15) is 0 Å². The Hall–Kier alpha value is -4.37. The van der Waals surface area contributed by atoms with Gasteiger partial charge in [0.2, 0.25) is 15.9 Å². The fourth-order valence-corrected chi connectivity index (χ4v) is 5.45. The highest BCUT2D eigenvalue weighted by atomic mass is 35.5. The maximum atomic E-state index is 13.3. The van der Waals surface area contributed by atoms with Gasteiger partial charge in [0.05, 0.1) is 22.0 Å². The molecule has 1 fully saturated rings. The lowest BCUT2D eigenvalue weighted by Crippen LogP contribution is -2.62. The molecule has 0 spiro atoms. The summed E-state index contributed by atoms with van der Waals surface area (Å²) in [5, 5.41) is 13.6. The molecule has 15 heteroatoms. The van der Waals surface area contributed by atoms with E-state index in [2.05, 4.69) is 20.9 Å². The Morgan fingerprint density at radius 3 is 2.37 bits per heavy atom. The molecule has 1 saturated heterocycles. The second-order valence-corrected chi connectivity index (χ2v) is 11.6. The zero-order chi connectivity index (χ0) is 31.1. The molecule has 2 atom stereocenters. The lowest BCUT2D eigenvalue weighted by molar-refractivity contribution is -0.138. The topological polar surface area (TPSA) is 190 Å². The number of likely N-dealkylation sites (tertiary alicyclic amines) is 1. The van der Waals surface area contributed by atoms with Crippen LogP contribution in [0.5, 0.6) is 0 Å². The monoisotopic (exact) mass is 628 g/mol. The zero-order valence-corrected chi connectivity index (χ0v) is 24.5. The van der Waals surface area contributed by atoms with Gasteiger partial charge in [0.15, 0.2) is 0 Å². The van der Waals surface area contributed by atoms with Crippen molar-refractivity contribution in [1.82, 2.24) is 20.5 Å². The molecule has 2 heterocycles. The predicted molar refractivity (Wildman–Crippen MR) is 157 cm³/mol. The van der Waals surface area contributed by atoms with Crippen LogP contribution in [0.15, 0.2) is 71.8 Å². The first kappa shape index (κ1) is 31.6. The predicted octanol–water partition coefficient (Wildman–Crippen LogP) is 1.15. The number of primary sulfonamides is 1. The lowest BCUT2D eigenvalue weighted by Gasteiger charge is -2.39. The largest absolute Gasteiger partial charge is 0.375 e. The van der Waals surface area contributed by atoms with Gasteiger partial charge in [0, 0.05) is 37.5 Å². The molecule has 0 saturated carbocycles. The number of nitrogens with one attached hydrogen (secondary N) is 3. The molecule has 13 nitrogen and oxygen atoms in total. The van der Waals surface area contributed by atoms with E-state index in [0.29, 0.717) is 16.1 Å². The van der Waals surface area contributed by atoms with Gasteiger partial charge >= 0.3 is 11.8 Å². The summed E-state index contributed by atoms with van der Waals surface area (Å²) in [6.07, 6.45) is 1.57. The first-order valence-corrected chi connectivity index (χ1v) is 14.9. The Balaban J connectivity index is 1.49. The Morgan fingerprint density at radius 1 is 1.00 bits per heavy atom. The minimum atomic E-state index is -3.98. The van der Waals surface area contributed by atoms with Crippen molar-refractivity contribution in [3.63, 3.8) is 0 Å². The summed E-state index contributed by atoms with van der Waals surface area (Å²) in [6, 6.07) is 13.9. The maximum absolute atomic E-state index is 13.3. The highest BCUT2D eigenvalue weighted by molar-refractivity contribution is 7.89. The number of carbonyl (C=O) groups is 4. The van der Waals surface area contributed by atoms with Crippen molar-refractivity contribution >= 4 is 51.1 Å². The van der Waals surface area contributed by atoms with E-state index in [-0.39, 0.29) is 48.3 Å². The van der Waals surface area contributed by atoms with Crippen molar-refractivity contribution in [1.29, 1.82) is 0 Å². The quantitative estimate of drug-likeness (QED) is 0.267. The molecule has 3 aromatic rings. The highest BCUT2D eigenvalue weighted by Gasteiger charge is 2.34. The molecule has 0 unspecified atom stereocenters. The van der Waals surface area contributed by atoms with E-state index in [1.165, 1.54) is 48.5 Å². The number of sulfonamides is 1. The average molecular weight is 629 g/mol. The Morgan fingerprint density at radius 2 is 1.72 bits per heavy atom. The number of nitrogens with zero attached hydrogens (tertiary/aromatic N) is 2. The van der Waals surface area contributed by atoms with E-state index in [1.807, 2.05) is 0 Å². The second-order valence-electron chi connectivity index (χ2n) is 9.66. The van der Waals surface area contributed by atoms with Gasteiger partial charge < -0.3 is 25.6 Å². The van der Waals surface area contributed by atoms with E-state index < -0.39 is 39.8 Å². The van der Waals surface area contributed by atoms with Crippen molar-refractivity contribution in [3.8, 4) is 11.1 Å². The van der Waals surface area contributed by atoms with Crippen LogP contribution in [0.3, 0.4) is 0 Å². The van der Waals surface area contributed by atoms with Crippen LogP contribution >= 0.6 is 11.6 Å². The molecular weight excluding hydrogens is 600 g/mol. The lowest BCUT2D eigenvalue weighted by atomic mass is 9.98. The van der Waals surface area contributed by atoms with Crippen molar-refractivity contribution < 1.29 is 32.3 Å². The first-order valence-electron chi connectivity index (χ1n) is 13.0. The van der Waals surface area contributed by atoms with Crippen LogP contribution in [0, 0.1) is 0 Å². The van der Waals surface area contributed by atoms with E-state index in [4.69, 9.17) is 21.5 Å². The van der Waals surface area contributed by atoms with Crippen molar-refractivity contribution in [3.05, 3.63) is 77.4 Å². The third-order valence-corrected chi connectivity index (χ3v) is 7.89. The first-order chi connectivity index (χ1) is 20.5. The summed E-state index contributed by atoms with van der Waals surface area (Å²) in [7, 11) is -2.59. The van der Waals surface area contributed by atoms with Gasteiger partial charge in [0.1, 0.15) is 12.4 Å². The molecule has 226 valence electrons. The Bertz CT molecular complexity index is 1620. The third-order valence-electron chi connectivity index (χ3n) is 6.69. The molecule has 0 aliphatic carbocycles. The number of hydrogen-bond donors (Lipinski definition) is 4. The molecule has 4 amide bonds. The summed E-state index contributed by atoms with van der Waals surface area (Å²) in [4.78, 5) is 56.4. The van der Waals surface area contributed by atoms with Crippen LogP contribution in [0.4, 0.5) is 5.82 Å². The number of anilines is 1. The molecule has 43 heavy (non-hydrogen) atoms. The number of amides is 4. The fraction of sp³-hybridized carbons (Fsp3) is 0.250. The van der Waals surface area contributed by atoms with Crippen molar-refractivity contribution in [2.75, 3.05) is 32.1 Å². The minimum Gasteiger partial charge on any atom is -0.375 e. The average Bonchev–Trinajstić information content (AvgIpc) is 2.98. The number of carbonyl (C=O) groups excluding carboxylic acids is 4. The number of ether oxygens (including phenoxy) is 1. The summed E-state index contributed by atoms with van der Waals surface area (Å²) in [5.41, 5.74) is 1.15. The van der Waals surface area contributed by atoms with E-state index in [9.17, 15) is 27.6 Å². The molecule has 1 aliphatic heterocycles. The third kappa shape index (κ3) is 8.14. The van der Waals surface area contributed by atoms with Crippen molar-refractivity contribution in [2.24, 2.45) is 5.14 Å². The standard InChI is InChI=1S/C28H29ClN6O7S/c1-42-16-25(36)35-13-12-21(32-27(38)28(39)34-24-11-10-19(29)14-31-24)22(15-35)33-26(37)18-8-6-17(7-9-18)20-4-2-3-5-23(20)43(30,40)41/h2-11,14,21-22H,12-13,15-16H2,1H3,(H,32,38)(H,33,37)(H2,30,40,41)(H,31,34,39)/t21-,22+/m0/s1. The molecule has 0 bridgehead atoms. The SMILES string of the molecule is COCC(=O)N1CC[C@H](NC(=O)C(=O)Nc2ccc(Cl)cn2)[C@H](NC(=O)c2ccc(-c3ccccc3S(N)(=O)=O)cc2)C1. The summed E-state index contributed by atoms with van der Waals surface area (Å²) in [5.74, 6) is -2.59. The molecule has 2 aromatic carbocycles. The number of nitrogens with two attached hydrogens (primary N) is 1. The number of aromatic nitrogens is 1. The number of pyridine rings is 1. The number of piperidine rings is 1. The number of rotatable bonds is 8. The fourth-order valence-electron chi connectivity index (χ4n) is 4.58. The molecule has 5 N–H and O–H groups in total. The van der Waals surface area contributed by atoms with Crippen LogP contribution in [0.1, 0.15) is 16.8 Å². The molecule has 1 aliphatic rings. The molecule has 1 aromatic heterocycles. The van der Waals surface area contributed by atoms with Crippen molar-refractivity contribution in [2.45, 2.75) is 23.4 Å². The second kappa shape index (κ2) is 13.7. The van der Waals surface area contributed by atoms with Crippen LogP contribution < -0.4 is 21.1 Å². The summed E-state index contributed by atoms with van der Waals surface area (Å²) in [6.45, 7) is 0.159. The molecule has 4 rings (SSSR count).